The van der Waals surface area contributed by atoms with Gasteiger partial charge in [0.15, 0.2) is 11.5 Å². The van der Waals surface area contributed by atoms with Gasteiger partial charge in [-0.2, -0.15) is 5.10 Å². The number of aryl methyl sites for hydroxylation is 1. The van der Waals surface area contributed by atoms with Crippen LogP contribution in [0.25, 0.3) is 10.9 Å². The summed E-state index contributed by atoms with van der Waals surface area (Å²) in [7, 11) is -4.66. The third-order valence-electron chi connectivity index (χ3n) is 6.20. The molecule has 196 valence electrons. The van der Waals surface area contributed by atoms with Crippen molar-refractivity contribution in [1.29, 1.82) is 0 Å². The number of hydrogen-bond acceptors (Lipinski definition) is 5. The minimum absolute atomic E-state index is 0.0115. The molecule has 4 N–H and O–H groups in total. The molecule has 0 saturated carbocycles. The molecule has 1 fully saturated rings. The second-order valence-corrected chi connectivity index (χ2v) is 10.7. The zero-order valence-corrected chi connectivity index (χ0v) is 20.8. The Balaban J connectivity index is 1.57. The molecule has 3 aromatic rings. The Bertz CT molecular complexity index is 1460. The van der Waals surface area contributed by atoms with Crippen LogP contribution < -0.4 is 11.0 Å². The molecule has 2 amide bonds. The van der Waals surface area contributed by atoms with E-state index in [-0.39, 0.29) is 58.3 Å². The van der Waals surface area contributed by atoms with Crippen molar-refractivity contribution in [2.45, 2.75) is 38.0 Å². The number of amides is 2. The lowest BCUT2D eigenvalue weighted by Crippen LogP contribution is -2.42. The van der Waals surface area contributed by atoms with Crippen LogP contribution in [-0.4, -0.2) is 60.8 Å². The number of Topliss-reactive ketones (excluding diaryl/α,β-unsaturated/α-hetero) is 1. The topological polar surface area (TPSA) is 156 Å². The number of halogens is 3. The number of carbonyl (C=O) groups is 3. The summed E-state index contributed by atoms with van der Waals surface area (Å²) in [5.74, 6) is -2.73. The highest BCUT2D eigenvalue weighted by Crippen LogP contribution is 2.34. The number of carbonyl (C=O) groups excluding carboxylic acids is 3. The van der Waals surface area contributed by atoms with Gasteiger partial charge in [-0.05, 0) is 36.2 Å². The van der Waals surface area contributed by atoms with Crippen LogP contribution >= 0.6 is 19.2 Å². The molecule has 0 spiro atoms. The van der Waals surface area contributed by atoms with Gasteiger partial charge in [0, 0.05) is 18.2 Å². The quantitative estimate of drug-likeness (QED) is 0.359. The maximum absolute atomic E-state index is 14.3. The van der Waals surface area contributed by atoms with E-state index in [1.807, 2.05) is 0 Å². The normalized spacial score (nSPS) is 17.9. The van der Waals surface area contributed by atoms with Gasteiger partial charge in [0.1, 0.15) is 18.5 Å². The van der Waals surface area contributed by atoms with Crippen LogP contribution in [0.15, 0.2) is 36.4 Å². The number of nitrogens with two attached hydrogens (primary N) is 1. The fourth-order valence-corrected chi connectivity index (χ4v) is 5.15. The number of fused-ring (bicyclic) bond motifs is 1. The SMILES string of the molecule is NC(=O)c1nn(CC(=O)N2C[C@H](F)C[C@H]2C(=O)CCc2cccc(Cl)c2F)c2cc(P(=O)(O)O)ccc12. The van der Waals surface area contributed by atoms with Crippen molar-refractivity contribution in [1.82, 2.24) is 14.7 Å². The Labute approximate surface area is 214 Å². The fraction of sp³-hybridized carbons (Fsp3) is 0.304. The second-order valence-electron chi connectivity index (χ2n) is 8.69. The molecule has 2 aromatic carbocycles. The van der Waals surface area contributed by atoms with Crippen molar-refractivity contribution in [2.24, 2.45) is 5.73 Å². The Morgan fingerprint density at radius 1 is 1.22 bits per heavy atom. The fourth-order valence-electron chi connectivity index (χ4n) is 4.40. The van der Waals surface area contributed by atoms with Crippen molar-refractivity contribution >= 4 is 53.0 Å². The van der Waals surface area contributed by atoms with Gasteiger partial charge in [0.05, 0.1) is 28.4 Å². The van der Waals surface area contributed by atoms with Gasteiger partial charge in [-0.3, -0.25) is 23.6 Å². The molecule has 14 heteroatoms. The predicted molar refractivity (Wildman–Crippen MR) is 130 cm³/mol. The highest BCUT2D eigenvalue weighted by Gasteiger charge is 2.39. The van der Waals surface area contributed by atoms with Crippen molar-refractivity contribution in [3.63, 3.8) is 0 Å². The van der Waals surface area contributed by atoms with Crippen LogP contribution in [0.5, 0.6) is 0 Å². The summed E-state index contributed by atoms with van der Waals surface area (Å²) >= 11 is 5.77. The summed E-state index contributed by atoms with van der Waals surface area (Å²) in [6.45, 7) is -0.899. The molecule has 0 radical (unpaired) electrons. The molecule has 1 aromatic heterocycles. The van der Waals surface area contributed by atoms with Crippen LogP contribution in [0, 0.1) is 5.82 Å². The van der Waals surface area contributed by atoms with Crippen LogP contribution in [0.3, 0.4) is 0 Å². The van der Waals surface area contributed by atoms with Crippen LogP contribution in [0.1, 0.15) is 28.9 Å². The van der Waals surface area contributed by atoms with E-state index in [1.54, 1.807) is 6.07 Å². The number of aromatic nitrogens is 2. The first-order valence-electron chi connectivity index (χ1n) is 11.1. The first-order chi connectivity index (χ1) is 17.4. The lowest BCUT2D eigenvalue weighted by molar-refractivity contribution is -0.138. The maximum Gasteiger partial charge on any atom is 0.356 e. The van der Waals surface area contributed by atoms with E-state index in [9.17, 15) is 37.5 Å². The Morgan fingerprint density at radius 2 is 1.95 bits per heavy atom. The van der Waals surface area contributed by atoms with Crippen molar-refractivity contribution in [3.05, 3.63) is 58.5 Å². The minimum Gasteiger partial charge on any atom is -0.364 e. The van der Waals surface area contributed by atoms with Gasteiger partial charge in [-0.25, -0.2) is 8.78 Å². The number of primary amides is 1. The minimum atomic E-state index is -4.66. The molecular weight excluding hydrogens is 533 g/mol. The maximum atomic E-state index is 14.3. The van der Waals surface area contributed by atoms with Gasteiger partial charge >= 0.3 is 7.60 Å². The van der Waals surface area contributed by atoms with Crippen LogP contribution in [0.2, 0.25) is 5.02 Å². The lowest BCUT2D eigenvalue weighted by atomic mass is 10.0. The second kappa shape index (κ2) is 10.3. The van der Waals surface area contributed by atoms with E-state index in [0.29, 0.717) is 0 Å². The number of hydrogen-bond donors (Lipinski definition) is 3. The van der Waals surface area contributed by atoms with Gasteiger partial charge in [0.25, 0.3) is 5.91 Å². The third-order valence-corrected chi connectivity index (χ3v) is 7.45. The molecular formula is C23H22ClF2N4O6P. The summed E-state index contributed by atoms with van der Waals surface area (Å²) in [5, 5.41) is 3.73. The van der Waals surface area contributed by atoms with E-state index < -0.39 is 49.8 Å². The van der Waals surface area contributed by atoms with E-state index in [4.69, 9.17) is 17.3 Å². The monoisotopic (exact) mass is 554 g/mol. The number of likely N-dealkylation sites (tertiary alicyclic amines) is 1. The average molecular weight is 555 g/mol. The van der Waals surface area contributed by atoms with E-state index in [2.05, 4.69) is 5.10 Å². The highest BCUT2D eigenvalue weighted by molar-refractivity contribution is 7.60. The number of benzene rings is 2. The summed E-state index contributed by atoms with van der Waals surface area (Å²) in [4.78, 5) is 58.0. The first kappa shape index (κ1) is 26.9. The molecule has 1 aliphatic heterocycles. The molecule has 1 aliphatic rings. The number of nitrogens with zero attached hydrogens (tertiary/aromatic N) is 3. The predicted octanol–water partition coefficient (Wildman–Crippen LogP) is 1.87. The van der Waals surface area contributed by atoms with E-state index in [1.165, 1.54) is 18.2 Å². The number of rotatable bonds is 8. The third kappa shape index (κ3) is 5.57. The van der Waals surface area contributed by atoms with Crippen molar-refractivity contribution in [2.75, 3.05) is 6.54 Å². The lowest BCUT2D eigenvalue weighted by Gasteiger charge is -2.23. The molecule has 10 nitrogen and oxygen atoms in total. The van der Waals surface area contributed by atoms with Crippen LogP contribution in [0.4, 0.5) is 8.78 Å². The Hall–Kier alpha value is -3.18. The molecule has 4 rings (SSSR count). The van der Waals surface area contributed by atoms with Crippen molar-refractivity contribution < 1.29 is 37.5 Å². The standard InChI is InChI=1S/C23H22ClF2N4O6P/c24-16-3-1-2-12(21(16)26)4-7-19(31)18-8-13(25)10-29(18)20(32)11-30-17-9-14(37(34,35)36)5-6-15(17)22(28-30)23(27)33/h1-3,5-6,9,13,18H,4,7-8,10-11H2,(H2,27,33)(H2,34,35,36)/t13-,18+/m1/s1. The molecule has 37 heavy (non-hydrogen) atoms. The van der Waals surface area contributed by atoms with Gasteiger partial charge < -0.3 is 20.4 Å². The Morgan fingerprint density at radius 3 is 2.62 bits per heavy atom. The van der Waals surface area contributed by atoms with Gasteiger partial charge in [-0.1, -0.05) is 23.7 Å². The summed E-state index contributed by atoms with van der Waals surface area (Å²) in [5.41, 5.74) is 5.41. The molecule has 2 heterocycles. The van der Waals surface area contributed by atoms with E-state index >= 15 is 0 Å². The van der Waals surface area contributed by atoms with Crippen molar-refractivity contribution in [3.8, 4) is 0 Å². The zero-order chi connectivity index (χ0) is 27.1. The Kier molecular flexibility index (Phi) is 7.48. The molecule has 0 bridgehead atoms. The average Bonchev–Trinajstić information content (AvgIpc) is 3.40. The van der Waals surface area contributed by atoms with Gasteiger partial charge in [-0.15, -0.1) is 0 Å². The number of ketones is 1. The zero-order valence-electron chi connectivity index (χ0n) is 19.2. The largest absolute Gasteiger partial charge is 0.364 e. The van der Waals surface area contributed by atoms with Gasteiger partial charge in [0.2, 0.25) is 5.91 Å². The number of alkyl halides is 1. The highest BCUT2D eigenvalue weighted by atomic mass is 35.5. The van der Waals surface area contributed by atoms with E-state index in [0.717, 1.165) is 21.7 Å². The molecule has 0 aliphatic carbocycles. The summed E-state index contributed by atoms with van der Waals surface area (Å²) < 4.78 is 41.2. The summed E-state index contributed by atoms with van der Waals surface area (Å²) in [6, 6.07) is 6.77. The molecule has 1 saturated heterocycles. The van der Waals surface area contributed by atoms with Crippen LogP contribution in [-0.2, 0) is 27.1 Å². The first-order valence-corrected chi connectivity index (χ1v) is 13.1. The molecule has 0 unspecified atom stereocenters. The summed E-state index contributed by atoms with van der Waals surface area (Å²) in [6.07, 6.45) is -1.83. The smallest absolute Gasteiger partial charge is 0.356 e. The molecule has 2 atom stereocenters.